The Bertz CT molecular complexity index is 1280. The van der Waals surface area contributed by atoms with E-state index in [1.165, 1.54) is 11.9 Å². The number of hydrogen-bond acceptors (Lipinski definition) is 6. The summed E-state index contributed by atoms with van der Waals surface area (Å²) < 4.78 is 6.85. The number of halogens is 1. The lowest BCUT2D eigenvalue weighted by Crippen LogP contribution is -2.46. The Morgan fingerprint density at radius 3 is 2.65 bits per heavy atom. The van der Waals surface area contributed by atoms with Gasteiger partial charge in [0.1, 0.15) is 5.75 Å². The Balaban J connectivity index is 1.48. The second-order valence-corrected chi connectivity index (χ2v) is 10.9. The Kier molecular flexibility index (Phi) is 7.40. The number of likely N-dealkylation sites (tertiary alicyclic amines) is 1. The molecule has 0 spiro atoms. The third-order valence-electron chi connectivity index (χ3n) is 7.86. The highest BCUT2D eigenvalue weighted by Crippen LogP contribution is 2.50. The van der Waals surface area contributed by atoms with Crippen molar-refractivity contribution in [3.05, 3.63) is 75.3 Å². The van der Waals surface area contributed by atoms with Crippen molar-refractivity contribution in [3.63, 3.8) is 0 Å². The van der Waals surface area contributed by atoms with E-state index in [4.69, 9.17) is 4.65 Å². The monoisotopic (exact) mass is 565 g/mol. The van der Waals surface area contributed by atoms with E-state index in [9.17, 15) is 24.8 Å². The molecule has 5 rings (SSSR count). The van der Waals surface area contributed by atoms with Crippen LogP contribution in [0.4, 0.5) is 0 Å². The quantitative estimate of drug-likeness (QED) is 0.212. The van der Waals surface area contributed by atoms with Crippen LogP contribution in [0.2, 0.25) is 6.32 Å². The first-order valence-electron chi connectivity index (χ1n) is 12.5. The molecule has 4 atom stereocenters. The molecule has 0 bridgehead atoms. The third-order valence-corrected chi connectivity index (χ3v) is 8.35. The minimum Gasteiger partial charge on any atom is -0.507 e. The van der Waals surface area contributed by atoms with Gasteiger partial charge in [0, 0.05) is 17.1 Å². The Hall–Kier alpha value is -2.72. The smallest absolute Gasteiger partial charge is 0.455 e. The van der Waals surface area contributed by atoms with Gasteiger partial charge in [0.15, 0.2) is 0 Å². The van der Waals surface area contributed by atoms with E-state index in [0.717, 1.165) is 26.8 Å². The minimum absolute atomic E-state index is 0.165. The molecule has 0 unspecified atom stereocenters. The Morgan fingerprint density at radius 1 is 1.16 bits per heavy atom. The van der Waals surface area contributed by atoms with Gasteiger partial charge in [-0.25, -0.2) is 0 Å². The van der Waals surface area contributed by atoms with Crippen LogP contribution in [0.3, 0.4) is 0 Å². The number of rotatable bonds is 6. The first-order chi connectivity index (χ1) is 17.8. The highest BCUT2D eigenvalue weighted by atomic mass is 79.9. The second-order valence-electron chi connectivity index (χ2n) is 9.99. The molecule has 2 aromatic carbocycles. The van der Waals surface area contributed by atoms with Gasteiger partial charge in [0.2, 0.25) is 11.8 Å². The molecule has 9 heteroatoms. The molecule has 2 saturated heterocycles. The van der Waals surface area contributed by atoms with Crippen LogP contribution in [0.1, 0.15) is 30.4 Å². The molecule has 7 nitrogen and oxygen atoms in total. The molecule has 0 aromatic heterocycles. The van der Waals surface area contributed by atoms with Crippen LogP contribution in [-0.4, -0.2) is 58.8 Å². The zero-order valence-corrected chi connectivity index (χ0v) is 22.1. The maximum atomic E-state index is 13.0. The number of fused-ring (bicyclic) bond motifs is 3. The van der Waals surface area contributed by atoms with Crippen molar-refractivity contribution in [2.24, 2.45) is 17.8 Å². The highest BCUT2D eigenvalue weighted by molar-refractivity contribution is 9.10. The molecule has 2 heterocycles. The van der Waals surface area contributed by atoms with Crippen molar-refractivity contribution in [2.75, 3.05) is 13.7 Å². The molecular formula is C28H29BBrNO6. The van der Waals surface area contributed by atoms with Crippen molar-refractivity contribution in [3.8, 4) is 5.75 Å². The number of carbonyl (C=O) groups excluding carboxylic acids is 2. The van der Waals surface area contributed by atoms with E-state index in [1.54, 1.807) is 12.1 Å². The number of imide groups is 1. The number of allylic oxidation sites excluding steroid dienone is 1. The van der Waals surface area contributed by atoms with Gasteiger partial charge in [-0.15, -0.1) is 0 Å². The maximum Gasteiger partial charge on any atom is 0.455 e. The lowest BCUT2D eigenvalue weighted by Gasteiger charge is -2.43. The zero-order valence-electron chi connectivity index (χ0n) is 20.5. The minimum atomic E-state index is -1.07. The molecule has 2 amide bonds. The van der Waals surface area contributed by atoms with Crippen LogP contribution in [0.15, 0.2) is 64.1 Å². The van der Waals surface area contributed by atoms with Gasteiger partial charge in [-0.05, 0) is 78.1 Å². The predicted octanol–water partition coefficient (Wildman–Crippen LogP) is 3.89. The van der Waals surface area contributed by atoms with Gasteiger partial charge < -0.3 is 19.9 Å². The summed E-state index contributed by atoms with van der Waals surface area (Å²) in [6.07, 6.45) is 3.04. The summed E-state index contributed by atoms with van der Waals surface area (Å²) >= 11 is 3.47. The highest BCUT2D eigenvalue weighted by Gasteiger charge is 2.56. The molecule has 3 N–H and O–H groups in total. The first-order valence-corrected chi connectivity index (χ1v) is 13.3. The van der Waals surface area contributed by atoms with Crippen LogP contribution in [-0.2, 0) is 14.2 Å². The molecule has 0 saturated carbocycles. The molecule has 192 valence electrons. The van der Waals surface area contributed by atoms with Crippen molar-refractivity contribution >= 4 is 46.5 Å². The van der Waals surface area contributed by atoms with Crippen LogP contribution in [0, 0.1) is 17.8 Å². The zero-order chi connectivity index (χ0) is 26.3. The fraction of sp³-hybridized carbons (Fsp3) is 0.357. The normalized spacial score (nSPS) is 26.0. The number of carbonyl (C=O) groups is 2. The van der Waals surface area contributed by atoms with Gasteiger partial charge in [0.05, 0.1) is 24.5 Å². The number of nitrogens with zero attached hydrogens (tertiary/aromatic N) is 1. The van der Waals surface area contributed by atoms with Gasteiger partial charge in [-0.3, -0.25) is 14.5 Å². The molecule has 2 aliphatic heterocycles. The van der Waals surface area contributed by atoms with Crippen molar-refractivity contribution in [2.45, 2.75) is 31.7 Å². The molecule has 37 heavy (non-hydrogen) atoms. The van der Waals surface area contributed by atoms with Crippen molar-refractivity contribution in [1.82, 2.24) is 4.90 Å². The number of aliphatic hydroxyl groups excluding tert-OH is 1. The number of aliphatic hydroxyl groups is 1. The van der Waals surface area contributed by atoms with E-state index >= 15 is 0 Å². The number of phenolic OH excluding ortho intramolecular Hbond substituents is 1. The summed E-state index contributed by atoms with van der Waals surface area (Å²) in [5.41, 5.74) is 4.22. The number of benzene rings is 2. The van der Waals surface area contributed by atoms with Crippen molar-refractivity contribution < 1.29 is 29.5 Å². The molecule has 2 fully saturated rings. The second kappa shape index (κ2) is 10.6. The van der Waals surface area contributed by atoms with Crippen LogP contribution in [0.5, 0.6) is 5.75 Å². The largest absolute Gasteiger partial charge is 0.507 e. The van der Waals surface area contributed by atoms with Crippen LogP contribution in [0.25, 0.3) is 11.6 Å². The average Bonchev–Trinajstić information content (AvgIpc) is 3.11. The van der Waals surface area contributed by atoms with E-state index in [0.29, 0.717) is 24.8 Å². The standard InChI is InChI=1S/C28H29BBrNO6/c1-31-27(34)21-13-19(15-32)25-22(26(21)28(31)35)14-29(36)37-24(25)10-7-17(16-5-3-2-4-6-16)11-18-12-20(30)8-9-23(18)33/h2-6,8-9,11-12,21-22,24,26,32-33,36H,7,10,13-15H2,1H3/b17-11-/t21-,22+,24-,26-/m1/s1. The number of amides is 2. The molecule has 0 radical (unpaired) electrons. The third kappa shape index (κ3) is 4.93. The topological polar surface area (TPSA) is 107 Å². The lowest BCUT2D eigenvalue weighted by molar-refractivity contribution is -0.138. The summed E-state index contributed by atoms with van der Waals surface area (Å²) in [5, 5.41) is 31.3. The summed E-state index contributed by atoms with van der Waals surface area (Å²) in [7, 11) is 0.438. The maximum absolute atomic E-state index is 13.0. The van der Waals surface area contributed by atoms with Gasteiger partial charge in [-0.1, -0.05) is 46.3 Å². The number of hydrogen-bond donors (Lipinski definition) is 3. The SMILES string of the molecule is CN1C(=O)[C@@H]2[C@@H](CC(CO)=C3[C@@H](CC/C(=C/c4cc(Br)ccc4O)c4ccccc4)OB(O)C[C@@H]32)C1=O. The van der Waals surface area contributed by atoms with Gasteiger partial charge in [0.25, 0.3) is 0 Å². The van der Waals surface area contributed by atoms with Crippen LogP contribution >= 0.6 is 15.9 Å². The molecule has 3 aliphatic rings. The average molecular weight is 566 g/mol. The Morgan fingerprint density at radius 2 is 1.92 bits per heavy atom. The Labute approximate surface area is 224 Å². The van der Waals surface area contributed by atoms with E-state index in [1.807, 2.05) is 42.5 Å². The summed E-state index contributed by atoms with van der Waals surface area (Å²) in [6.45, 7) is -0.219. The summed E-state index contributed by atoms with van der Waals surface area (Å²) in [6, 6.07) is 15.1. The van der Waals surface area contributed by atoms with E-state index < -0.39 is 25.1 Å². The lowest BCUT2D eigenvalue weighted by atomic mass is 9.58. The molecule has 1 aliphatic carbocycles. The first kappa shape index (κ1) is 25.9. The van der Waals surface area contributed by atoms with E-state index in [2.05, 4.69) is 15.9 Å². The summed E-state index contributed by atoms with van der Waals surface area (Å²) in [5.74, 6) is -1.67. The van der Waals surface area contributed by atoms with Gasteiger partial charge >= 0.3 is 7.12 Å². The fourth-order valence-corrected chi connectivity index (χ4v) is 6.51. The number of aromatic hydroxyl groups is 1. The predicted molar refractivity (Wildman–Crippen MR) is 144 cm³/mol. The molecule has 2 aromatic rings. The van der Waals surface area contributed by atoms with Crippen LogP contribution < -0.4 is 0 Å². The fourth-order valence-electron chi connectivity index (χ4n) is 6.13. The van der Waals surface area contributed by atoms with Crippen molar-refractivity contribution in [1.29, 1.82) is 0 Å². The molecular weight excluding hydrogens is 537 g/mol. The number of phenols is 1. The van der Waals surface area contributed by atoms with Gasteiger partial charge in [-0.2, -0.15) is 0 Å². The van der Waals surface area contributed by atoms with E-state index in [-0.39, 0.29) is 36.4 Å². The summed E-state index contributed by atoms with van der Waals surface area (Å²) in [4.78, 5) is 26.9.